The van der Waals surface area contributed by atoms with Crippen molar-refractivity contribution in [3.05, 3.63) is 18.2 Å². The molecule has 0 unspecified atom stereocenters. The molecule has 5 nitrogen and oxygen atoms in total. The maximum Gasteiger partial charge on any atom is 0.226 e. The Hall–Kier alpha value is -1.36. The molecule has 3 rings (SSSR count). The van der Waals surface area contributed by atoms with Crippen molar-refractivity contribution < 1.29 is 4.79 Å². The second kappa shape index (κ2) is 4.96. The van der Waals surface area contributed by atoms with Crippen molar-refractivity contribution in [2.75, 3.05) is 19.6 Å². The van der Waals surface area contributed by atoms with E-state index in [-0.39, 0.29) is 11.3 Å². The first-order valence-electron chi connectivity index (χ1n) is 7.15. The number of rotatable bonds is 2. The number of carbonyl (C=O) groups excluding carboxylic acids is 1. The van der Waals surface area contributed by atoms with Gasteiger partial charge in [0.2, 0.25) is 5.91 Å². The van der Waals surface area contributed by atoms with E-state index < -0.39 is 0 Å². The van der Waals surface area contributed by atoms with Crippen LogP contribution in [0.25, 0.3) is 0 Å². The van der Waals surface area contributed by atoms with Gasteiger partial charge in [0.1, 0.15) is 0 Å². The van der Waals surface area contributed by atoms with Crippen LogP contribution in [0.3, 0.4) is 0 Å². The number of nitrogens with one attached hydrogen (secondary N) is 1. The largest absolute Gasteiger partial charge is 0.356 e. The van der Waals surface area contributed by atoms with E-state index in [9.17, 15) is 4.79 Å². The molecule has 0 aromatic carbocycles. The molecule has 19 heavy (non-hydrogen) atoms. The van der Waals surface area contributed by atoms with Gasteiger partial charge in [0.05, 0.1) is 17.4 Å². The Balaban J connectivity index is 1.65. The lowest BCUT2D eigenvalue weighted by molar-refractivity contribution is -0.128. The fourth-order valence-corrected chi connectivity index (χ4v) is 3.37. The number of carbonyl (C=O) groups is 1. The molecular formula is C14H22N4O. The summed E-state index contributed by atoms with van der Waals surface area (Å²) in [4.78, 5) is 18.7. The van der Waals surface area contributed by atoms with Crippen LogP contribution in [0, 0.1) is 5.41 Å². The standard InChI is InChI=1S/C14H22N4O/c1-17-11-15-9-12(17)10-18-7-2-3-14(5-8-18)4-6-16-13(14)19/h9,11H,2-8,10H2,1H3,(H,16,19)/t14-/m0/s1. The van der Waals surface area contributed by atoms with E-state index in [2.05, 4.69) is 19.8 Å². The van der Waals surface area contributed by atoms with Gasteiger partial charge in [-0.1, -0.05) is 0 Å². The predicted octanol–water partition coefficient (Wildman–Crippen LogP) is 0.912. The highest BCUT2D eigenvalue weighted by Crippen LogP contribution is 2.38. The summed E-state index contributed by atoms with van der Waals surface area (Å²) in [5, 5.41) is 3.01. The molecule has 0 saturated carbocycles. The third kappa shape index (κ3) is 2.39. The van der Waals surface area contributed by atoms with Gasteiger partial charge in [0, 0.05) is 26.3 Å². The molecule has 2 aliphatic rings. The summed E-state index contributed by atoms with van der Waals surface area (Å²) in [6, 6.07) is 0. The average molecular weight is 262 g/mol. The number of aromatic nitrogens is 2. The van der Waals surface area contributed by atoms with Crippen molar-refractivity contribution in [1.82, 2.24) is 19.8 Å². The maximum absolute atomic E-state index is 12.0. The summed E-state index contributed by atoms with van der Waals surface area (Å²) < 4.78 is 2.07. The Morgan fingerprint density at radius 1 is 1.37 bits per heavy atom. The van der Waals surface area contributed by atoms with Crippen molar-refractivity contribution in [2.45, 2.75) is 32.2 Å². The zero-order valence-corrected chi connectivity index (χ0v) is 11.6. The number of nitrogens with zero attached hydrogens (tertiary/aromatic N) is 3. The lowest BCUT2D eigenvalue weighted by Gasteiger charge is -2.24. The van der Waals surface area contributed by atoms with E-state index in [0.29, 0.717) is 0 Å². The highest BCUT2D eigenvalue weighted by Gasteiger charge is 2.42. The Bertz CT molecular complexity index is 470. The first-order chi connectivity index (χ1) is 9.20. The van der Waals surface area contributed by atoms with Crippen LogP contribution in [-0.2, 0) is 18.4 Å². The normalized spacial score (nSPS) is 28.6. The summed E-state index contributed by atoms with van der Waals surface area (Å²) in [5.74, 6) is 0.287. The lowest BCUT2D eigenvalue weighted by Crippen LogP contribution is -2.32. The van der Waals surface area contributed by atoms with Crippen molar-refractivity contribution >= 4 is 5.91 Å². The highest BCUT2D eigenvalue weighted by atomic mass is 16.2. The van der Waals surface area contributed by atoms with Crippen LogP contribution in [0.2, 0.25) is 0 Å². The van der Waals surface area contributed by atoms with Crippen molar-refractivity contribution in [2.24, 2.45) is 12.5 Å². The van der Waals surface area contributed by atoms with Gasteiger partial charge in [-0.05, 0) is 38.8 Å². The molecule has 5 heteroatoms. The number of hydrogen-bond donors (Lipinski definition) is 1. The van der Waals surface area contributed by atoms with Crippen molar-refractivity contribution in [1.29, 1.82) is 0 Å². The Morgan fingerprint density at radius 2 is 2.26 bits per heavy atom. The molecule has 1 aromatic heterocycles. The quantitative estimate of drug-likeness (QED) is 0.862. The molecule has 1 atom stereocenters. The van der Waals surface area contributed by atoms with Crippen LogP contribution in [0.5, 0.6) is 0 Å². The van der Waals surface area contributed by atoms with E-state index in [0.717, 1.165) is 51.9 Å². The van der Waals surface area contributed by atoms with Crippen LogP contribution in [0.4, 0.5) is 0 Å². The van der Waals surface area contributed by atoms with E-state index >= 15 is 0 Å². The van der Waals surface area contributed by atoms with E-state index in [1.54, 1.807) is 0 Å². The molecule has 2 saturated heterocycles. The van der Waals surface area contributed by atoms with E-state index in [1.807, 2.05) is 19.6 Å². The number of imidazole rings is 1. The fourth-order valence-electron chi connectivity index (χ4n) is 3.37. The summed E-state index contributed by atoms with van der Waals surface area (Å²) in [6.45, 7) is 3.90. The van der Waals surface area contributed by atoms with Crippen LogP contribution in [-0.4, -0.2) is 40.0 Å². The third-order valence-corrected chi connectivity index (χ3v) is 4.71. The van der Waals surface area contributed by atoms with Crippen molar-refractivity contribution in [3.8, 4) is 0 Å². The first kappa shape index (κ1) is 12.7. The SMILES string of the molecule is Cn1cncc1CN1CCC[C@]2(CCNC2=O)CC1. The summed E-state index contributed by atoms with van der Waals surface area (Å²) in [6.07, 6.45) is 7.95. The minimum absolute atomic E-state index is 0.0682. The number of likely N-dealkylation sites (tertiary alicyclic amines) is 1. The smallest absolute Gasteiger partial charge is 0.226 e. The van der Waals surface area contributed by atoms with Crippen LogP contribution in [0.1, 0.15) is 31.4 Å². The highest BCUT2D eigenvalue weighted by molar-refractivity contribution is 5.84. The number of amides is 1. The predicted molar refractivity (Wildman–Crippen MR) is 72.4 cm³/mol. The lowest BCUT2D eigenvalue weighted by atomic mass is 9.79. The van der Waals surface area contributed by atoms with Gasteiger partial charge in [0.25, 0.3) is 0 Å². The zero-order valence-electron chi connectivity index (χ0n) is 11.6. The van der Waals surface area contributed by atoms with Gasteiger partial charge in [-0.3, -0.25) is 9.69 Å². The summed E-state index contributed by atoms with van der Waals surface area (Å²) in [5.41, 5.74) is 1.17. The second-order valence-corrected chi connectivity index (χ2v) is 5.91. The van der Waals surface area contributed by atoms with Gasteiger partial charge < -0.3 is 9.88 Å². The summed E-state index contributed by atoms with van der Waals surface area (Å²) >= 11 is 0. The summed E-state index contributed by atoms with van der Waals surface area (Å²) in [7, 11) is 2.03. The minimum Gasteiger partial charge on any atom is -0.356 e. The van der Waals surface area contributed by atoms with Crippen LogP contribution < -0.4 is 5.32 Å². The molecule has 104 valence electrons. The second-order valence-electron chi connectivity index (χ2n) is 5.91. The monoisotopic (exact) mass is 262 g/mol. The van der Waals surface area contributed by atoms with Crippen LogP contribution >= 0.6 is 0 Å². The minimum atomic E-state index is -0.0682. The molecule has 1 spiro atoms. The Kier molecular flexibility index (Phi) is 3.31. The Labute approximate surface area is 114 Å². The van der Waals surface area contributed by atoms with Crippen LogP contribution in [0.15, 0.2) is 12.5 Å². The van der Waals surface area contributed by atoms with Gasteiger partial charge >= 0.3 is 0 Å². The molecular weight excluding hydrogens is 240 g/mol. The molecule has 0 aliphatic carbocycles. The molecule has 1 N–H and O–H groups in total. The first-order valence-corrected chi connectivity index (χ1v) is 7.15. The maximum atomic E-state index is 12.0. The topological polar surface area (TPSA) is 50.2 Å². The van der Waals surface area contributed by atoms with Gasteiger partial charge in [-0.15, -0.1) is 0 Å². The van der Waals surface area contributed by atoms with Crippen molar-refractivity contribution in [3.63, 3.8) is 0 Å². The zero-order chi connectivity index (χ0) is 13.3. The van der Waals surface area contributed by atoms with Gasteiger partial charge in [0.15, 0.2) is 0 Å². The molecule has 2 aliphatic heterocycles. The van der Waals surface area contributed by atoms with Gasteiger partial charge in [-0.25, -0.2) is 4.98 Å². The van der Waals surface area contributed by atoms with E-state index in [4.69, 9.17) is 0 Å². The molecule has 0 radical (unpaired) electrons. The third-order valence-electron chi connectivity index (χ3n) is 4.71. The molecule has 3 heterocycles. The fraction of sp³-hybridized carbons (Fsp3) is 0.714. The number of hydrogen-bond acceptors (Lipinski definition) is 3. The average Bonchev–Trinajstić information content (AvgIpc) is 2.86. The van der Waals surface area contributed by atoms with E-state index in [1.165, 1.54) is 5.69 Å². The van der Waals surface area contributed by atoms with Gasteiger partial charge in [-0.2, -0.15) is 0 Å². The molecule has 0 bridgehead atoms. The molecule has 1 amide bonds. The number of aryl methyl sites for hydroxylation is 1. The molecule has 2 fully saturated rings. The molecule has 1 aromatic rings. The Morgan fingerprint density at radius 3 is 2.95 bits per heavy atom.